The van der Waals surface area contributed by atoms with Crippen LogP contribution in [0.3, 0.4) is 0 Å². The Labute approximate surface area is 149 Å². The summed E-state index contributed by atoms with van der Waals surface area (Å²) in [6.45, 7) is 2.48. The Morgan fingerprint density at radius 3 is 2.44 bits per heavy atom. The Morgan fingerprint density at radius 2 is 1.84 bits per heavy atom. The van der Waals surface area contributed by atoms with Gasteiger partial charge >= 0.3 is 0 Å². The molecule has 1 atom stereocenters. The van der Waals surface area contributed by atoms with Crippen molar-refractivity contribution in [2.45, 2.75) is 38.1 Å². The Bertz CT molecular complexity index is 535. The lowest BCUT2D eigenvalue weighted by Crippen LogP contribution is -2.47. The van der Waals surface area contributed by atoms with Crippen LogP contribution in [0, 0.1) is 0 Å². The van der Waals surface area contributed by atoms with Gasteiger partial charge in [0.1, 0.15) is 17.1 Å². The lowest BCUT2D eigenvalue weighted by Gasteiger charge is -2.38. The highest BCUT2D eigenvalue weighted by molar-refractivity contribution is 5.31. The van der Waals surface area contributed by atoms with Gasteiger partial charge < -0.3 is 29.2 Å². The second-order valence-electron chi connectivity index (χ2n) is 6.07. The van der Waals surface area contributed by atoms with E-state index in [1.54, 1.807) is 7.11 Å². The van der Waals surface area contributed by atoms with Crippen molar-refractivity contribution in [3.05, 3.63) is 35.9 Å². The van der Waals surface area contributed by atoms with Crippen LogP contribution in [0.15, 0.2) is 35.9 Å². The Kier molecular flexibility index (Phi) is 7.71. The molecular weight excluding hydrogens is 324 g/mol. The molecule has 2 rings (SSSR count). The molecule has 6 heteroatoms. The van der Waals surface area contributed by atoms with Gasteiger partial charge in [0.05, 0.1) is 26.9 Å². The van der Waals surface area contributed by atoms with E-state index in [1.165, 1.54) is 0 Å². The van der Waals surface area contributed by atoms with Crippen LogP contribution in [0.5, 0.6) is 11.5 Å². The molecule has 1 heterocycles. The minimum absolute atomic E-state index is 0.243. The van der Waals surface area contributed by atoms with Crippen molar-refractivity contribution in [3.8, 4) is 11.5 Å². The van der Waals surface area contributed by atoms with Crippen molar-refractivity contribution in [1.82, 2.24) is 0 Å². The van der Waals surface area contributed by atoms with E-state index >= 15 is 0 Å². The van der Waals surface area contributed by atoms with Gasteiger partial charge in [-0.3, -0.25) is 0 Å². The highest BCUT2D eigenvalue weighted by Gasteiger charge is 2.37. The van der Waals surface area contributed by atoms with Crippen molar-refractivity contribution in [2.75, 3.05) is 33.5 Å². The summed E-state index contributed by atoms with van der Waals surface area (Å²) in [5.41, 5.74) is 0.131. The normalized spacial score (nSPS) is 19.4. The number of methoxy groups -OCH3 is 1. The Morgan fingerprint density at radius 1 is 1.16 bits per heavy atom. The van der Waals surface area contributed by atoms with Gasteiger partial charge in [-0.2, -0.15) is 0 Å². The van der Waals surface area contributed by atoms with Gasteiger partial charge in [-0.15, -0.1) is 0 Å². The first kappa shape index (κ1) is 19.7. The Hall–Kier alpha value is -1.60. The quantitative estimate of drug-likeness (QED) is 0.497. The standard InChI is InChI=1S/C19H28O6/c1-3-23-18-11-15(12-19(13-20,14-21)25-18)5-4-10-24-17-8-6-16(22-2)7-9-17/h6-9,11,18,20-21H,3-5,10,12-14H2,1-2H3. The molecule has 0 saturated carbocycles. The van der Waals surface area contributed by atoms with Gasteiger partial charge in [0.15, 0.2) is 6.29 Å². The van der Waals surface area contributed by atoms with Gasteiger partial charge in [-0.05, 0) is 50.1 Å². The molecule has 6 nitrogen and oxygen atoms in total. The van der Waals surface area contributed by atoms with E-state index in [2.05, 4.69) is 0 Å². The highest BCUT2D eigenvalue weighted by Crippen LogP contribution is 2.31. The average molecular weight is 352 g/mol. The van der Waals surface area contributed by atoms with Crippen LogP contribution in [0.25, 0.3) is 0 Å². The molecule has 0 spiro atoms. The van der Waals surface area contributed by atoms with Gasteiger partial charge in [0.25, 0.3) is 0 Å². The van der Waals surface area contributed by atoms with Crippen molar-refractivity contribution in [3.63, 3.8) is 0 Å². The van der Waals surface area contributed by atoms with E-state index in [0.717, 1.165) is 29.9 Å². The molecular formula is C19H28O6. The number of rotatable bonds is 10. The molecule has 1 aromatic rings. The third-order valence-corrected chi connectivity index (χ3v) is 4.16. The van der Waals surface area contributed by atoms with Crippen LogP contribution in [-0.4, -0.2) is 55.6 Å². The van der Waals surface area contributed by atoms with Gasteiger partial charge in [-0.25, -0.2) is 0 Å². The first-order valence-corrected chi connectivity index (χ1v) is 8.62. The van der Waals surface area contributed by atoms with E-state index in [0.29, 0.717) is 19.6 Å². The molecule has 1 aliphatic rings. The molecule has 0 radical (unpaired) electrons. The van der Waals surface area contributed by atoms with Crippen molar-refractivity contribution < 1.29 is 29.2 Å². The molecule has 0 saturated heterocycles. The predicted octanol–water partition coefficient (Wildman–Crippen LogP) is 2.29. The van der Waals surface area contributed by atoms with E-state index in [9.17, 15) is 10.2 Å². The molecule has 0 fully saturated rings. The average Bonchev–Trinajstić information content (AvgIpc) is 2.65. The third-order valence-electron chi connectivity index (χ3n) is 4.16. The number of aliphatic hydroxyl groups excluding tert-OH is 2. The van der Waals surface area contributed by atoms with Gasteiger partial charge in [0, 0.05) is 13.0 Å². The fraction of sp³-hybridized carbons (Fsp3) is 0.579. The topological polar surface area (TPSA) is 77.4 Å². The van der Waals surface area contributed by atoms with Crippen LogP contribution in [0.4, 0.5) is 0 Å². The van der Waals surface area contributed by atoms with Crippen molar-refractivity contribution in [2.24, 2.45) is 0 Å². The highest BCUT2D eigenvalue weighted by atomic mass is 16.7. The maximum atomic E-state index is 9.61. The van der Waals surface area contributed by atoms with Gasteiger partial charge in [-0.1, -0.05) is 5.57 Å². The first-order valence-electron chi connectivity index (χ1n) is 8.62. The van der Waals surface area contributed by atoms with E-state index in [4.69, 9.17) is 18.9 Å². The molecule has 0 aromatic heterocycles. The zero-order valence-corrected chi connectivity index (χ0v) is 14.9. The number of benzene rings is 1. The zero-order chi connectivity index (χ0) is 18.1. The van der Waals surface area contributed by atoms with Crippen molar-refractivity contribution in [1.29, 1.82) is 0 Å². The minimum atomic E-state index is -0.971. The van der Waals surface area contributed by atoms with E-state index < -0.39 is 11.9 Å². The summed E-state index contributed by atoms with van der Waals surface area (Å²) in [6, 6.07) is 7.47. The van der Waals surface area contributed by atoms with Crippen LogP contribution in [-0.2, 0) is 9.47 Å². The lowest BCUT2D eigenvalue weighted by molar-refractivity contribution is -0.217. The largest absolute Gasteiger partial charge is 0.497 e. The second-order valence-corrected chi connectivity index (χ2v) is 6.07. The maximum absolute atomic E-state index is 9.61. The minimum Gasteiger partial charge on any atom is -0.497 e. The summed E-state index contributed by atoms with van der Waals surface area (Å²) >= 11 is 0. The monoisotopic (exact) mass is 352 g/mol. The number of aliphatic hydroxyl groups is 2. The smallest absolute Gasteiger partial charge is 0.177 e. The molecule has 1 unspecified atom stereocenters. The van der Waals surface area contributed by atoms with Crippen LogP contribution in [0.1, 0.15) is 26.2 Å². The predicted molar refractivity (Wildman–Crippen MR) is 93.8 cm³/mol. The molecule has 2 N–H and O–H groups in total. The number of hydrogen-bond donors (Lipinski definition) is 2. The zero-order valence-electron chi connectivity index (χ0n) is 14.9. The molecule has 0 bridgehead atoms. The molecule has 25 heavy (non-hydrogen) atoms. The van der Waals surface area contributed by atoms with E-state index in [-0.39, 0.29) is 13.2 Å². The van der Waals surface area contributed by atoms with E-state index in [1.807, 2.05) is 37.3 Å². The SMILES string of the molecule is CCOC1C=C(CCCOc2ccc(OC)cc2)CC(CO)(CO)O1. The summed E-state index contributed by atoms with van der Waals surface area (Å²) in [5, 5.41) is 19.2. The van der Waals surface area contributed by atoms with Crippen molar-refractivity contribution >= 4 is 0 Å². The molecule has 0 amide bonds. The van der Waals surface area contributed by atoms with Gasteiger partial charge in [0.2, 0.25) is 0 Å². The van der Waals surface area contributed by atoms with Crippen LogP contribution >= 0.6 is 0 Å². The summed E-state index contributed by atoms with van der Waals surface area (Å²) in [5.74, 6) is 1.60. The van der Waals surface area contributed by atoms with Crippen LogP contribution in [0.2, 0.25) is 0 Å². The molecule has 1 aliphatic heterocycles. The second kappa shape index (κ2) is 9.77. The summed E-state index contributed by atoms with van der Waals surface area (Å²) in [6.07, 6.45) is 3.51. The summed E-state index contributed by atoms with van der Waals surface area (Å²) in [7, 11) is 1.63. The van der Waals surface area contributed by atoms with Crippen LogP contribution < -0.4 is 9.47 Å². The fourth-order valence-electron chi connectivity index (χ4n) is 2.80. The fourth-order valence-corrected chi connectivity index (χ4v) is 2.80. The first-order chi connectivity index (χ1) is 12.1. The Balaban J connectivity index is 1.84. The lowest BCUT2D eigenvalue weighted by atomic mass is 9.90. The summed E-state index contributed by atoms with van der Waals surface area (Å²) < 4.78 is 22.1. The third kappa shape index (κ3) is 5.71. The number of ether oxygens (including phenoxy) is 4. The maximum Gasteiger partial charge on any atom is 0.177 e. The molecule has 1 aromatic carbocycles. The molecule has 0 aliphatic carbocycles. The number of hydrogen-bond acceptors (Lipinski definition) is 6. The molecule has 140 valence electrons. The summed E-state index contributed by atoms with van der Waals surface area (Å²) in [4.78, 5) is 0.